The van der Waals surface area contributed by atoms with E-state index in [-0.39, 0.29) is 18.1 Å². The van der Waals surface area contributed by atoms with Gasteiger partial charge in [-0.05, 0) is 46.5 Å². The smallest absolute Gasteiger partial charge is 0.408 e. The van der Waals surface area contributed by atoms with Crippen LogP contribution in [0.2, 0.25) is 0 Å². The third-order valence-electron chi connectivity index (χ3n) is 4.34. The van der Waals surface area contributed by atoms with Crippen molar-refractivity contribution < 1.29 is 24.2 Å². The first-order chi connectivity index (χ1) is 10.2. The van der Waals surface area contributed by atoms with Gasteiger partial charge in [-0.15, -0.1) is 0 Å². The van der Waals surface area contributed by atoms with Gasteiger partial charge in [0.15, 0.2) is 0 Å². The Morgan fingerprint density at radius 2 is 1.95 bits per heavy atom. The molecule has 1 saturated carbocycles. The van der Waals surface area contributed by atoms with Crippen LogP contribution >= 0.6 is 0 Å². The Morgan fingerprint density at radius 1 is 1.32 bits per heavy atom. The summed E-state index contributed by atoms with van der Waals surface area (Å²) in [6, 6.07) is -0.976. The van der Waals surface area contributed by atoms with Crippen LogP contribution in [-0.2, 0) is 14.3 Å². The highest BCUT2D eigenvalue weighted by Crippen LogP contribution is 2.44. The second-order valence-corrected chi connectivity index (χ2v) is 7.44. The van der Waals surface area contributed by atoms with Crippen molar-refractivity contribution in [3.05, 3.63) is 0 Å². The van der Waals surface area contributed by atoms with E-state index in [2.05, 4.69) is 5.32 Å². The molecule has 0 aromatic carbocycles. The number of hydrogen-bond donors (Lipinski definition) is 2. The van der Waals surface area contributed by atoms with Crippen molar-refractivity contribution in [2.75, 3.05) is 0 Å². The minimum atomic E-state index is -1.05. The number of carboxylic acid groups (broad SMARTS) is 1. The van der Waals surface area contributed by atoms with Gasteiger partial charge >= 0.3 is 12.1 Å². The Labute approximate surface area is 131 Å². The maximum absolute atomic E-state index is 11.8. The number of amides is 1. The number of hydrogen-bond acceptors (Lipinski definition) is 4. The van der Waals surface area contributed by atoms with Crippen LogP contribution < -0.4 is 5.32 Å². The first-order valence-electron chi connectivity index (χ1n) is 8.09. The third-order valence-corrected chi connectivity index (χ3v) is 4.34. The fourth-order valence-electron chi connectivity index (χ4n) is 3.38. The van der Waals surface area contributed by atoms with Crippen molar-refractivity contribution in [1.82, 2.24) is 5.32 Å². The number of carbonyl (C=O) groups is 2. The van der Waals surface area contributed by atoms with Gasteiger partial charge < -0.3 is 19.9 Å². The van der Waals surface area contributed by atoms with E-state index in [0.717, 1.165) is 25.7 Å². The summed E-state index contributed by atoms with van der Waals surface area (Å²) in [6.07, 6.45) is 5.85. The van der Waals surface area contributed by atoms with Crippen molar-refractivity contribution in [2.45, 2.75) is 89.1 Å². The second-order valence-electron chi connectivity index (χ2n) is 7.44. The number of ether oxygens (including phenoxy) is 2. The first-order valence-corrected chi connectivity index (χ1v) is 8.09. The molecule has 2 atom stereocenters. The van der Waals surface area contributed by atoms with Gasteiger partial charge in [0, 0.05) is 6.42 Å². The average molecular weight is 313 g/mol. The standard InChI is InChI=1S/C16H27NO5/c1-15(2,3)22-14(20)17-12(13(18)19)10-11-6-9-16(21-11)7-4-5-8-16/h11-12H,4-10H2,1-3H3,(H,17,20)(H,18,19). The van der Waals surface area contributed by atoms with Crippen molar-refractivity contribution in [1.29, 1.82) is 0 Å². The lowest BCUT2D eigenvalue weighted by molar-refractivity contribution is -0.141. The molecule has 1 heterocycles. The molecule has 0 radical (unpaired) electrons. The van der Waals surface area contributed by atoms with Gasteiger partial charge in [0.05, 0.1) is 11.7 Å². The molecular formula is C16H27NO5. The van der Waals surface area contributed by atoms with Crippen molar-refractivity contribution in [3.63, 3.8) is 0 Å². The highest BCUT2D eigenvalue weighted by atomic mass is 16.6. The first kappa shape index (κ1) is 17.1. The van der Waals surface area contributed by atoms with E-state index in [1.807, 2.05) is 0 Å². The molecular weight excluding hydrogens is 286 g/mol. The fourth-order valence-corrected chi connectivity index (χ4v) is 3.38. The normalized spacial score (nSPS) is 25.1. The van der Waals surface area contributed by atoms with Crippen molar-refractivity contribution >= 4 is 12.1 Å². The monoisotopic (exact) mass is 313 g/mol. The average Bonchev–Trinajstić information content (AvgIpc) is 2.97. The van der Waals surface area contributed by atoms with E-state index < -0.39 is 23.7 Å². The van der Waals surface area contributed by atoms with Crippen LogP contribution in [0.15, 0.2) is 0 Å². The van der Waals surface area contributed by atoms with Gasteiger partial charge in [0.1, 0.15) is 11.6 Å². The third kappa shape index (κ3) is 4.60. The maximum atomic E-state index is 11.8. The molecule has 126 valence electrons. The molecule has 6 heteroatoms. The summed E-state index contributed by atoms with van der Waals surface area (Å²) >= 11 is 0. The molecule has 1 aliphatic heterocycles. The van der Waals surface area contributed by atoms with Crippen molar-refractivity contribution in [3.8, 4) is 0 Å². The van der Waals surface area contributed by atoms with Crippen LogP contribution in [0.1, 0.15) is 65.7 Å². The Kier molecular flexibility index (Phi) is 5.00. The van der Waals surface area contributed by atoms with Crippen LogP contribution in [-0.4, -0.2) is 40.5 Å². The van der Waals surface area contributed by atoms with Crippen LogP contribution in [0.3, 0.4) is 0 Å². The number of alkyl carbamates (subject to hydrolysis) is 1. The maximum Gasteiger partial charge on any atom is 0.408 e. The van der Waals surface area contributed by atoms with Gasteiger partial charge in [-0.3, -0.25) is 0 Å². The lowest BCUT2D eigenvalue weighted by Gasteiger charge is -2.26. The Balaban J connectivity index is 1.87. The largest absolute Gasteiger partial charge is 0.480 e. The summed E-state index contributed by atoms with van der Waals surface area (Å²) < 4.78 is 11.2. The highest BCUT2D eigenvalue weighted by molar-refractivity contribution is 5.80. The van der Waals surface area contributed by atoms with E-state index >= 15 is 0 Å². The molecule has 6 nitrogen and oxygen atoms in total. The molecule has 2 rings (SSSR count). The molecule has 1 spiro atoms. The van der Waals surface area contributed by atoms with E-state index in [1.54, 1.807) is 20.8 Å². The molecule has 1 aliphatic carbocycles. The molecule has 2 N–H and O–H groups in total. The summed E-state index contributed by atoms with van der Waals surface area (Å²) in [5.41, 5.74) is -0.676. The zero-order chi connectivity index (χ0) is 16.4. The van der Waals surface area contributed by atoms with Gasteiger partial charge in [-0.2, -0.15) is 0 Å². The van der Waals surface area contributed by atoms with Gasteiger partial charge in [0.2, 0.25) is 0 Å². The van der Waals surface area contributed by atoms with E-state index in [9.17, 15) is 14.7 Å². The van der Waals surface area contributed by atoms with E-state index in [4.69, 9.17) is 9.47 Å². The van der Waals surface area contributed by atoms with Crippen molar-refractivity contribution in [2.24, 2.45) is 0 Å². The molecule has 0 aromatic heterocycles. The van der Waals surface area contributed by atoms with Crippen LogP contribution in [0.5, 0.6) is 0 Å². The molecule has 2 unspecified atom stereocenters. The van der Waals surface area contributed by atoms with Crippen LogP contribution in [0.4, 0.5) is 4.79 Å². The predicted molar refractivity (Wildman–Crippen MR) is 80.7 cm³/mol. The summed E-state index contributed by atoms with van der Waals surface area (Å²) in [5, 5.41) is 11.8. The van der Waals surface area contributed by atoms with Gasteiger partial charge in [-0.25, -0.2) is 9.59 Å². The Hall–Kier alpha value is -1.30. The number of aliphatic carboxylic acids is 1. The highest BCUT2D eigenvalue weighted by Gasteiger charge is 2.43. The van der Waals surface area contributed by atoms with Gasteiger partial charge in [0.25, 0.3) is 0 Å². The van der Waals surface area contributed by atoms with Crippen LogP contribution in [0.25, 0.3) is 0 Å². The zero-order valence-electron chi connectivity index (χ0n) is 13.7. The SMILES string of the molecule is CC(C)(C)OC(=O)NC(CC1CCC2(CCCC2)O1)C(=O)O. The topological polar surface area (TPSA) is 84.9 Å². The molecule has 1 saturated heterocycles. The second kappa shape index (κ2) is 6.44. The van der Waals surface area contributed by atoms with Gasteiger partial charge in [-0.1, -0.05) is 12.8 Å². The number of carbonyl (C=O) groups excluding carboxylic acids is 1. The van der Waals surface area contributed by atoms with E-state index in [1.165, 1.54) is 12.8 Å². The molecule has 0 bridgehead atoms. The number of carboxylic acids is 1. The van der Waals surface area contributed by atoms with E-state index in [0.29, 0.717) is 0 Å². The molecule has 22 heavy (non-hydrogen) atoms. The minimum absolute atomic E-state index is 0.0281. The molecule has 0 aromatic rings. The van der Waals surface area contributed by atoms with Crippen LogP contribution in [0, 0.1) is 0 Å². The number of nitrogens with one attached hydrogen (secondary N) is 1. The zero-order valence-corrected chi connectivity index (χ0v) is 13.7. The number of rotatable bonds is 4. The summed E-state index contributed by atoms with van der Waals surface area (Å²) in [7, 11) is 0. The minimum Gasteiger partial charge on any atom is -0.480 e. The molecule has 2 aliphatic rings. The lowest BCUT2D eigenvalue weighted by atomic mass is 9.97. The molecule has 1 amide bonds. The fraction of sp³-hybridized carbons (Fsp3) is 0.875. The Bertz CT molecular complexity index is 423. The molecule has 2 fully saturated rings. The Morgan fingerprint density at radius 3 is 2.50 bits per heavy atom. The summed E-state index contributed by atoms with van der Waals surface area (Å²) in [6.45, 7) is 5.23. The summed E-state index contributed by atoms with van der Waals surface area (Å²) in [4.78, 5) is 23.1. The predicted octanol–water partition coefficient (Wildman–Crippen LogP) is 2.85. The quantitative estimate of drug-likeness (QED) is 0.833. The lowest BCUT2D eigenvalue weighted by Crippen LogP contribution is -2.45. The summed E-state index contributed by atoms with van der Waals surface area (Å²) in [5.74, 6) is -1.05.